The first kappa shape index (κ1) is 19.7. The summed E-state index contributed by atoms with van der Waals surface area (Å²) in [6, 6.07) is 0. The predicted octanol–water partition coefficient (Wildman–Crippen LogP) is 2.68. The highest BCUT2D eigenvalue weighted by Crippen LogP contribution is 2.57. The van der Waals surface area contributed by atoms with Gasteiger partial charge in [0.2, 0.25) is 0 Å². The van der Waals surface area contributed by atoms with Gasteiger partial charge in [0.05, 0.1) is 11.7 Å². The number of Topliss-reactive ketones (excluding diaryl/α,β-unsaturated/α-hetero) is 2. The van der Waals surface area contributed by atoms with Crippen molar-refractivity contribution in [1.82, 2.24) is 0 Å². The maximum atomic E-state index is 13.0. The van der Waals surface area contributed by atoms with Gasteiger partial charge in [0, 0.05) is 23.8 Å². The van der Waals surface area contributed by atoms with E-state index < -0.39 is 34.1 Å². The number of epoxide rings is 1. The molecular formula is C20H30O6. The lowest BCUT2D eigenvalue weighted by molar-refractivity contribution is -0.300. The molecule has 3 aliphatic rings. The van der Waals surface area contributed by atoms with Crippen LogP contribution in [0, 0.1) is 17.3 Å². The Morgan fingerprint density at radius 3 is 2.42 bits per heavy atom. The van der Waals surface area contributed by atoms with E-state index in [-0.39, 0.29) is 24.1 Å². The van der Waals surface area contributed by atoms with Gasteiger partial charge in [-0.1, -0.05) is 13.0 Å². The largest absolute Gasteiger partial charge is 0.389 e. The molecule has 3 rings (SSSR count). The number of fused-ring (bicyclic) bond motifs is 1. The molecule has 6 atom stereocenters. The topological polar surface area (TPSA) is 96.4 Å². The molecule has 2 N–H and O–H groups in total. The lowest BCUT2D eigenvalue weighted by Crippen LogP contribution is -2.59. The van der Waals surface area contributed by atoms with Crippen LogP contribution in [0.1, 0.15) is 60.8 Å². The summed E-state index contributed by atoms with van der Waals surface area (Å²) in [4.78, 5) is 30.2. The van der Waals surface area contributed by atoms with Crippen LogP contribution in [0.3, 0.4) is 0 Å². The van der Waals surface area contributed by atoms with E-state index in [2.05, 4.69) is 4.89 Å². The molecule has 1 saturated heterocycles. The number of hydrogen-bond donors (Lipinski definition) is 2. The van der Waals surface area contributed by atoms with Gasteiger partial charge in [-0.15, -0.1) is 0 Å². The van der Waals surface area contributed by atoms with Gasteiger partial charge in [0.15, 0.2) is 11.6 Å². The molecule has 0 aromatic heterocycles. The van der Waals surface area contributed by atoms with E-state index in [1.165, 1.54) is 0 Å². The second-order valence-electron chi connectivity index (χ2n) is 9.46. The minimum absolute atomic E-state index is 0.0680. The van der Waals surface area contributed by atoms with E-state index in [9.17, 15) is 20.0 Å². The number of ketones is 2. The quantitative estimate of drug-likeness (QED) is 0.451. The van der Waals surface area contributed by atoms with Crippen molar-refractivity contribution in [3.05, 3.63) is 11.6 Å². The van der Waals surface area contributed by atoms with Crippen LogP contribution < -0.4 is 0 Å². The molecule has 0 radical (unpaired) electrons. The maximum Gasteiger partial charge on any atom is 0.172 e. The summed E-state index contributed by atoms with van der Waals surface area (Å²) < 4.78 is 5.50. The van der Waals surface area contributed by atoms with Crippen LogP contribution in [0.2, 0.25) is 0 Å². The summed E-state index contributed by atoms with van der Waals surface area (Å²) in [5, 5.41) is 20.7. The predicted molar refractivity (Wildman–Crippen MR) is 94.4 cm³/mol. The molecule has 0 aromatic carbocycles. The van der Waals surface area contributed by atoms with Crippen molar-refractivity contribution in [3.8, 4) is 0 Å². The van der Waals surface area contributed by atoms with Gasteiger partial charge < -0.3 is 9.84 Å². The maximum absolute atomic E-state index is 13.0. The number of ether oxygens (including phenoxy) is 1. The summed E-state index contributed by atoms with van der Waals surface area (Å²) >= 11 is 0. The van der Waals surface area contributed by atoms with E-state index >= 15 is 0 Å². The van der Waals surface area contributed by atoms with Crippen LogP contribution >= 0.6 is 0 Å². The molecule has 0 bridgehead atoms. The molecule has 2 fully saturated rings. The molecule has 2 aliphatic carbocycles. The van der Waals surface area contributed by atoms with Crippen molar-refractivity contribution in [1.29, 1.82) is 0 Å². The Labute approximate surface area is 154 Å². The minimum atomic E-state index is -1.31. The third kappa shape index (κ3) is 2.70. The van der Waals surface area contributed by atoms with Crippen molar-refractivity contribution in [2.24, 2.45) is 17.3 Å². The fourth-order valence-electron chi connectivity index (χ4n) is 5.05. The van der Waals surface area contributed by atoms with E-state index in [0.29, 0.717) is 18.4 Å². The Kier molecular flexibility index (Phi) is 4.32. The highest BCUT2D eigenvalue weighted by atomic mass is 17.1. The van der Waals surface area contributed by atoms with Crippen molar-refractivity contribution >= 4 is 11.6 Å². The highest BCUT2D eigenvalue weighted by molar-refractivity contribution is 5.99. The number of aliphatic hydroxyl groups is 1. The van der Waals surface area contributed by atoms with Gasteiger partial charge in [-0.2, -0.15) is 0 Å². The van der Waals surface area contributed by atoms with Crippen LogP contribution in [0.4, 0.5) is 0 Å². The molecule has 6 heteroatoms. The summed E-state index contributed by atoms with van der Waals surface area (Å²) in [6.45, 7) is 10.5. The second-order valence-corrected chi connectivity index (χ2v) is 9.46. The SMILES string of the molecule is CC1OC1(C)C(=O)[C@@H]1CC[C@]2(C)CC(=O)C(C(C)(C)OO)=C[C@H]2[C@]1(C)O. The molecule has 1 heterocycles. The Bertz CT molecular complexity index is 678. The molecule has 0 aromatic rings. The molecular weight excluding hydrogens is 336 g/mol. The Morgan fingerprint density at radius 2 is 1.92 bits per heavy atom. The summed E-state index contributed by atoms with van der Waals surface area (Å²) in [7, 11) is 0. The van der Waals surface area contributed by atoms with Crippen LogP contribution in [0.5, 0.6) is 0 Å². The van der Waals surface area contributed by atoms with Gasteiger partial charge in [-0.25, -0.2) is 4.89 Å². The van der Waals surface area contributed by atoms with Gasteiger partial charge in [0.25, 0.3) is 0 Å². The van der Waals surface area contributed by atoms with Crippen molar-refractivity contribution in [2.45, 2.75) is 83.7 Å². The summed E-state index contributed by atoms with van der Waals surface area (Å²) in [5.74, 6) is -1.10. The highest BCUT2D eigenvalue weighted by Gasteiger charge is 2.64. The first-order valence-corrected chi connectivity index (χ1v) is 9.32. The zero-order valence-electron chi connectivity index (χ0n) is 16.5. The molecule has 1 aliphatic heterocycles. The van der Waals surface area contributed by atoms with Gasteiger partial charge >= 0.3 is 0 Å². The second kappa shape index (κ2) is 5.71. The van der Waals surface area contributed by atoms with Crippen LogP contribution in [-0.4, -0.2) is 44.8 Å². The third-order valence-electron chi connectivity index (χ3n) is 7.11. The standard InChI is InChI=1S/C20H30O6/c1-11-20(6,25-11)16(22)12-7-8-18(4)10-14(21)13(17(2,3)26-24)9-15(18)19(12,5)23/h9,11-12,15,23-24H,7-8,10H2,1-6H3/t11?,12-,15+,18+,19+,20?/m0/s1. The van der Waals surface area contributed by atoms with Crippen molar-refractivity contribution in [3.63, 3.8) is 0 Å². The minimum Gasteiger partial charge on any atom is -0.389 e. The third-order valence-corrected chi connectivity index (χ3v) is 7.11. The molecule has 26 heavy (non-hydrogen) atoms. The van der Waals surface area contributed by atoms with Crippen LogP contribution in [0.25, 0.3) is 0 Å². The number of carbonyl (C=O) groups excluding carboxylic acids is 2. The monoisotopic (exact) mass is 366 g/mol. The van der Waals surface area contributed by atoms with E-state index in [0.717, 1.165) is 0 Å². The first-order valence-electron chi connectivity index (χ1n) is 9.32. The average Bonchev–Trinajstić information content (AvgIpc) is 3.14. The summed E-state index contributed by atoms with van der Waals surface area (Å²) in [5.41, 5.74) is -3.38. The van der Waals surface area contributed by atoms with Crippen LogP contribution in [-0.2, 0) is 19.2 Å². The lowest BCUT2D eigenvalue weighted by Gasteiger charge is -2.54. The van der Waals surface area contributed by atoms with Gasteiger partial charge in [-0.05, 0) is 52.9 Å². The first-order chi connectivity index (χ1) is 11.8. The van der Waals surface area contributed by atoms with Crippen LogP contribution in [0.15, 0.2) is 11.6 Å². The van der Waals surface area contributed by atoms with Crippen molar-refractivity contribution in [2.75, 3.05) is 0 Å². The average molecular weight is 366 g/mol. The fraction of sp³-hybridized carbons (Fsp3) is 0.800. The van der Waals surface area contributed by atoms with E-state index in [4.69, 9.17) is 4.74 Å². The number of rotatable bonds is 4. The van der Waals surface area contributed by atoms with E-state index in [1.807, 2.05) is 13.8 Å². The normalized spacial score (nSPS) is 45.8. The van der Waals surface area contributed by atoms with E-state index in [1.54, 1.807) is 33.8 Å². The molecule has 2 unspecified atom stereocenters. The Hall–Kier alpha value is -1.08. The molecule has 0 spiro atoms. The molecule has 6 nitrogen and oxygen atoms in total. The fourth-order valence-corrected chi connectivity index (χ4v) is 5.05. The molecule has 1 saturated carbocycles. The molecule has 0 amide bonds. The zero-order valence-corrected chi connectivity index (χ0v) is 16.5. The van der Waals surface area contributed by atoms with Gasteiger partial charge in [-0.3, -0.25) is 14.8 Å². The smallest absolute Gasteiger partial charge is 0.172 e. The summed E-state index contributed by atoms with van der Waals surface area (Å²) in [6.07, 6.45) is 3.05. The number of carbonyl (C=O) groups is 2. The Balaban J connectivity index is 2.00. The Morgan fingerprint density at radius 1 is 1.35 bits per heavy atom. The molecule has 146 valence electrons. The lowest BCUT2D eigenvalue weighted by atomic mass is 9.51. The number of hydrogen-bond acceptors (Lipinski definition) is 6. The van der Waals surface area contributed by atoms with Gasteiger partial charge in [0.1, 0.15) is 11.2 Å². The zero-order chi connectivity index (χ0) is 19.7. The van der Waals surface area contributed by atoms with Crippen molar-refractivity contribution < 1.29 is 29.6 Å².